The number of hydrogen-bond acceptors (Lipinski definition) is 4. The molecule has 0 radical (unpaired) electrons. The highest BCUT2D eigenvalue weighted by molar-refractivity contribution is 14.0. The van der Waals surface area contributed by atoms with E-state index in [9.17, 15) is 5.11 Å². The van der Waals surface area contributed by atoms with E-state index in [-0.39, 0.29) is 36.0 Å². The molecule has 0 saturated carbocycles. The molecule has 1 aromatic rings. The predicted octanol–water partition coefficient (Wildman–Crippen LogP) is 2.85. The van der Waals surface area contributed by atoms with Gasteiger partial charge in [-0.05, 0) is 25.0 Å². The number of aliphatic hydroxyl groups excluding tert-OH is 1. The average Bonchev–Trinajstić information content (AvgIpc) is 2.56. The molecule has 0 aliphatic heterocycles. The van der Waals surface area contributed by atoms with Crippen LogP contribution in [0, 0.1) is 5.41 Å². The van der Waals surface area contributed by atoms with Gasteiger partial charge in [-0.1, -0.05) is 13.8 Å². The molecule has 0 bridgehead atoms. The molecule has 1 aromatic carbocycles. The van der Waals surface area contributed by atoms with Gasteiger partial charge < -0.3 is 25.6 Å². The molecule has 0 saturated heterocycles. The van der Waals surface area contributed by atoms with Crippen LogP contribution < -0.4 is 20.5 Å². The van der Waals surface area contributed by atoms with Crippen molar-refractivity contribution in [2.75, 3.05) is 32.7 Å². The highest BCUT2D eigenvalue weighted by Crippen LogP contribution is 2.30. The number of rotatable bonds is 8. The van der Waals surface area contributed by atoms with Crippen molar-refractivity contribution in [1.82, 2.24) is 0 Å². The minimum atomic E-state index is -0.204. The van der Waals surface area contributed by atoms with E-state index in [1.54, 1.807) is 26.4 Å². The number of anilines is 1. The highest BCUT2D eigenvalue weighted by atomic mass is 127. The Morgan fingerprint density at radius 1 is 1.22 bits per heavy atom. The molecule has 6 nitrogen and oxygen atoms in total. The van der Waals surface area contributed by atoms with E-state index in [4.69, 9.17) is 15.2 Å². The molecule has 0 aromatic heterocycles. The molecule has 7 heteroatoms. The van der Waals surface area contributed by atoms with Crippen molar-refractivity contribution in [1.29, 1.82) is 0 Å². The van der Waals surface area contributed by atoms with Crippen LogP contribution in [0.5, 0.6) is 11.5 Å². The fraction of sp³-hybridized carbons (Fsp3) is 0.562. The van der Waals surface area contributed by atoms with Crippen LogP contribution in [0.3, 0.4) is 0 Å². The Morgan fingerprint density at radius 2 is 1.83 bits per heavy atom. The Hall–Kier alpha value is -1.22. The standard InChI is InChI=1S/C16H27N3O3.HI/c1-5-16(6-2,11-20)10-18-15(17)19-12-7-8-13(21-3)14(9-12)22-4;/h7-9,20H,5-6,10-11H2,1-4H3,(H3,17,18,19);1H. The van der Waals surface area contributed by atoms with Gasteiger partial charge in [-0.25, -0.2) is 0 Å². The Bertz CT molecular complexity index is 497. The van der Waals surface area contributed by atoms with Crippen LogP contribution in [0.25, 0.3) is 0 Å². The summed E-state index contributed by atoms with van der Waals surface area (Å²) < 4.78 is 10.4. The number of hydrogen-bond donors (Lipinski definition) is 3. The van der Waals surface area contributed by atoms with Gasteiger partial charge in [0.05, 0.1) is 27.4 Å². The largest absolute Gasteiger partial charge is 0.493 e. The summed E-state index contributed by atoms with van der Waals surface area (Å²) in [6.07, 6.45) is 1.71. The first-order valence-electron chi connectivity index (χ1n) is 7.44. The maximum Gasteiger partial charge on any atom is 0.193 e. The molecular formula is C16H28IN3O3. The third-order valence-electron chi connectivity index (χ3n) is 4.08. The monoisotopic (exact) mass is 437 g/mol. The van der Waals surface area contributed by atoms with E-state index in [0.29, 0.717) is 24.0 Å². The number of halogens is 1. The van der Waals surface area contributed by atoms with Crippen LogP contribution in [0.2, 0.25) is 0 Å². The predicted molar refractivity (Wildman–Crippen MR) is 105 cm³/mol. The lowest BCUT2D eigenvalue weighted by molar-refractivity contribution is 0.123. The van der Waals surface area contributed by atoms with E-state index in [1.807, 2.05) is 19.9 Å². The Balaban J connectivity index is 0.00000484. The zero-order chi connectivity index (χ0) is 16.6. The van der Waals surface area contributed by atoms with Gasteiger partial charge in [-0.15, -0.1) is 24.0 Å². The van der Waals surface area contributed by atoms with Crippen LogP contribution in [-0.2, 0) is 0 Å². The molecule has 1 rings (SSSR count). The first kappa shape index (κ1) is 21.8. The Morgan fingerprint density at radius 3 is 2.30 bits per heavy atom. The summed E-state index contributed by atoms with van der Waals surface area (Å²) in [5.41, 5.74) is 6.49. The highest BCUT2D eigenvalue weighted by Gasteiger charge is 2.24. The number of benzene rings is 1. The van der Waals surface area contributed by atoms with E-state index in [1.165, 1.54) is 0 Å². The van der Waals surface area contributed by atoms with Crippen molar-refractivity contribution < 1.29 is 14.6 Å². The van der Waals surface area contributed by atoms with Crippen LogP contribution in [0.1, 0.15) is 26.7 Å². The Labute approximate surface area is 155 Å². The summed E-state index contributed by atoms with van der Waals surface area (Å²) in [5.74, 6) is 1.58. The summed E-state index contributed by atoms with van der Waals surface area (Å²) >= 11 is 0. The number of nitrogens with one attached hydrogen (secondary N) is 1. The van der Waals surface area contributed by atoms with Gasteiger partial charge in [0.1, 0.15) is 0 Å². The van der Waals surface area contributed by atoms with Gasteiger partial charge in [0, 0.05) is 17.2 Å². The molecular weight excluding hydrogens is 409 g/mol. The zero-order valence-electron chi connectivity index (χ0n) is 14.3. The Kier molecular flexibility index (Phi) is 9.98. The minimum absolute atomic E-state index is 0. The van der Waals surface area contributed by atoms with Gasteiger partial charge in [0.15, 0.2) is 17.5 Å². The van der Waals surface area contributed by atoms with Crippen molar-refractivity contribution >= 4 is 35.6 Å². The number of nitrogens with zero attached hydrogens (tertiary/aromatic N) is 1. The molecule has 0 unspecified atom stereocenters. The summed E-state index contributed by atoms with van der Waals surface area (Å²) in [7, 11) is 3.17. The fourth-order valence-electron chi connectivity index (χ4n) is 2.10. The third-order valence-corrected chi connectivity index (χ3v) is 4.08. The van der Waals surface area contributed by atoms with E-state index < -0.39 is 0 Å². The van der Waals surface area contributed by atoms with Crippen molar-refractivity contribution in [2.24, 2.45) is 16.1 Å². The lowest BCUT2D eigenvalue weighted by Crippen LogP contribution is -2.30. The number of methoxy groups -OCH3 is 2. The molecule has 0 spiro atoms. The van der Waals surface area contributed by atoms with Gasteiger partial charge in [0.2, 0.25) is 0 Å². The molecule has 132 valence electrons. The van der Waals surface area contributed by atoms with Crippen molar-refractivity contribution in [3.8, 4) is 11.5 Å². The third kappa shape index (κ3) is 6.06. The molecule has 0 aliphatic carbocycles. The van der Waals surface area contributed by atoms with Crippen LogP contribution >= 0.6 is 24.0 Å². The maximum absolute atomic E-state index is 9.54. The van der Waals surface area contributed by atoms with Crippen molar-refractivity contribution in [3.63, 3.8) is 0 Å². The average molecular weight is 437 g/mol. The number of guanidine groups is 1. The topological polar surface area (TPSA) is 89.1 Å². The molecule has 4 N–H and O–H groups in total. The minimum Gasteiger partial charge on any atom is -0.493 e. The lowest BCUT2D eigenvalue weighted by atomic mass is 9.83. The van der Waals surface area contributed by atoms with Gasteiger partial charge in [-0.3, -0.25) is 4.99 Å². The van der Waals surface area contributed by atoms with Crippen LogP contribution in [0.15, 0.2) is 23.2 Å². The molecule has 0 atom stereocenters. The van der Waals surface area contributed by atoms with Gasteiger partial charge in [0.25, 0.3) is 0 Å². The molecule has 0 amide bonds. The van der Waals surface area contributed by atoms with Crippen LogP contribution in [-0.4, -0.2) is 38.4 Å². The second-order valence-corrected chi connectivity index (χ2v) is 5.26. The molecule has 23 heavy (non-hydrogen) atoms. The van der Waals surface area contributed by atoms with E-state index in [0.717, 1.165) is 18.5 Å². The quantitative estimate of drug-likeness (QED) is 0.331. The number of ether oxygens (including phenoxy) is 2. The number of aliphatic imine (C=N–C) groups is 1. The zero-order valence-corrected chi connectivity index (χ0v) is 16.6. The second-order valence-electron chi connectivity index (χ2n) is 5.26. The fourth-order valence-corrected chi connectivity index (χ4v) is 2.10. The second kappa shape index (κ2) is 10.5. The number of nitrogens with two attached hydrogens (primary N) is 1. The first-order valence-corrected chi connectivity index (χ1v) is 7.44. The maximum atomic E-state index is 9.54. The van der Waals surface area contributed by atoms with Crippen molar-refractivity contribution in [3.05, 3.63) is 18.2 Å². The molecule has 0 fully saturated rings. The SMILES string of the molecule is CCC(CC)(CO)CN=C(N)Nc1ccc(OC)c(OC)c1.I. The van der Waals surface area contributed by atoms with Crippen molar-refractivity contribution in [2.45, 2.75) is 26.7 Å². The number of aliphatic hydroxyl groups is 1. The summed E-state index contributed by atoms with van der Waals surface area (Å²) in [4.78, 5) is 4.35. The normalized spacial score (nSPS) is 11.6. The smallest absolute Gasteiger partial charge is 0.193 e. The molecule has 0 heterocycles. The lowest BCUT2D eigenvalue weighted by Gasteiger charge is -2.27. The first-order chi connectivity index (χ1) is 10.5. The van der Waals surface area contributed by atoms with Crippen LogP contribution in [0.4, 0.5) is 5.69 Å². The summed E-state index contributed by atoms with van der Waals surface area (Å²) in [6.45, 7) is 4.69. The van der Waals surface area contributed by atoms with Gasteiger partial charge >= 0.3 is 0 Å². The van der Waals surface area contributed by atoms with E-state index >= 15 is 0 Å². The summed E-state index contributed by atoms with van der Waals surface area (Å²) in [5, 5.41) is 12.6. The summed E-state index contributed by atoms with van der Waals surface area (Å²) in [6, 6.07) is 5.42. The molecule has 0 aliphatic rings. The van der Waals surface area contributed by atoms with E-state index in [2.05, 4.69) is 10.3 Å². The van der Waals surface area contributed by atoms with Gasteiger partial charge in [-0.2, -0.15) is 0 Å².